The van der Waals surface area contributed by atoms with Gasteiger partial charge in [-0.3, -0.25) is 0 Å². The van der Waals surface area contributed by atoms with E-state index in [0.29, 0.717) is 13.4 Å². The van der Waals surface area contributed by atoms with E-state index in [0.717, 1.165) is 60.6 Å². The van der Waals surface area contributed by atoms with Gasteiger partial charge in [0.25, 0.3) is 0 Å². The standard InChI is InChI=1S/C31H40NO4/c1-4-6-8-9-10-11-12-24-23-13-14-27(33-3)31(34-17-7-5-2)26(23)20-32-16-15-22-18-28-29(36-21-35-28)19-25(22)30(24)32/h13-14,18-20H,4-12,15-17,21H2,1-3H3/q+1. The number of nitrogens with zero attached hydrogens (tertiary/aromatic N) is 1. The van der Waals surface area contributed by atoms with Crippen molar-refractivity contribution in [2.45, 2.75) is 84.6 Å². The SMILES string of the molecule is CCCCCCCCc1c2[n+](cc3c(OCCCC)c(OC)ccc13)CCc1cc3c(cc1-2)OCO3. The van der Waals surface area contributed by atoms with Gasteiger partial charge in [0, 0.05) is 17.4 Å². The zero-order valence-corrected chi connectivity index (χ0v) is 22.2. The molecule has 0 saturated heterocycles. The molecule has 2 aromatic carbocycles. The van der Waals surface area contributed by atoms with Crippen molar-refractivity contribution in [3.8, 4) is 34.3 Å². The Hall–Kier alpha value is -2.95. The van der Waals surface area contributed by atoms with Gasteiger partial charge in [0.15, 0.2) is 35.7 Å². The molecule has 192 valence electrons. The normalized spacial score (nSPS) is 13.5. The Kier molecular flexibility index (Phi) is 7.84. The minimum atomic E-state index is 0.304. The largest absolute Gasteiger partial charge is 0.493 e. The van der Waals surface area contributed by atoms with Crippen LogP contribution >= 0.6 is 0 Å². The highest BCUT2D eigenvalue weighted by Gasteiger charge is 2.32. The van der Waals surface area contributed by atoms with Crippen LogP contribution in [0.1, 0.15) is 76.3 Å². The average molecular weight is 491 g/mol. The third-order valence-electron chi connectivity index (χ3n) is 7.56. The number of hydrogen-bond donors (Lipinski definition) is 0. The lowest BCUT2D eigenvalue weighted by Crippen LogP contribution is -2.41. The Morgan fingerprint density at radius 2 is 1.67 bits per heavy atom. The molecule has 0 N–H and O–H groups in total. The molecule has 0 radical (unpaired) electrons. The highest BCUT2D eigenvalue weighted by atomic mass is 16.7. The van der Waals surface area contributed by atoms with Crippen LogP contribution in [-0.4, -0.2) is 20.5 Å². The second kappa shape index (κ2) is 11.4. The first-order chi connectivity index (χ1) is 17.7. The Morgan fingerprint density at radius 1 is 0.889 bits per heavy atom. The molecule has 1 aromatic heterocycles. The summed E-state index contributed by atoms with van der Waals surface area (Å²) in [4.78, 5) is 0. The molecule has 0 aliphatic carbocycles. The second-order valence-corrected chi connectivity index (χ2v) is 10.0. The van der Waals surface area contributed by atoms with Crippen LogP contribution in [0.25, 0.3) is 22.0 Å². The van der Waals surface area contributed by atoms with Crippen molar-refractivity contribution in [1.82, 2.24) is 0 Å². The van der Waals surface area contributed by atoms with Gasteiger partial charge in [0.05, 0.1) is 24.7 Å². The average Bonchev–Trinajstić information content (AvgIpc) is 3.36. The van der Waals surface area contributed by atoms with E-state index in [4.69, 9.17) is 18.9 Å². The summed E-state index contributed by atoms with van der Waals surface area (Å²) in [6.45, 7) is 6.41. The smallest absolute Gasteiger partial charge is 0.231 e. The van der Waals surface area contributed by atoms with Crippen molar-refractivity contribution in [3.05, 3.63) is 41.6 Å². The molecule has 3 heterocycles. The Morgan fingerprint density at radius 3 is 2.47 bits per heavy atom. The van der Waals surface area contributed by atoms with Crippen LogP contribution in [-0.2, 0) is 19.4 Å². The highest BCUT2D eigenvalue weighted by molar-refractivity contribution is 5.95. The van der Waals surface area contributed by atoms with E-state index in [1.165, 1.54) is 66.3 Å². The summed E-state index contributed by atoms with van der Waals surface area (Å²) in [5.74, 6) is 3.41. The first-order valence-corrected chi connectivity index (χ1v) is 13.9. The predicted molar refractivity (Wildman–Crippen MR) is 143 cm³/mol. The van der Waals surface area contributed by atoms with Crippen molar-refractivity contribution >= 4 is 10.8 Å². The van der Waals surface area contributed by atoms with Gasteiger partial charge in [-0.25, -0.2) is 0 Å². The number of ether oxygens (including phenoxy) is 4. The van der Waals surface area contributed by atoms with Crippen molar-refractivity contribution in [3.63, 3.8) is 0 Å². The maximum absolute atomic E-state index is 6.35. The van der Waals surface area contributed by atoms with Crippen molar-refractivity contribution in [1.29, 1.82) is 0 Å². The first-order valence-electron chi connectivity index (χ1n) is 13.9. The van der Waals surface area contributed by atoms with Gasteiger partial charge in [0.2, 0.25) is 12.5 Å². The van der Waals surface area contributed by atoms with Gasteiger partial charge in [0.1, 0.15) is 0 Å². The number of benzene rings is 2. The van der Waals surface area contributed by atoms with Crippen LogP contribution < -0.4 is 23.5 Å². The summed E-state index contributed by atoms with van der Waals surface area (Å²) < 4.78 is 26.0. The Bertz CT molecular complexity index is 1220. The molecule has 2 aliphatic heterocycles. The fourth-order valence-corrected chi connectivity index (χ4v) is 5.60. The zero-order valence-electron chi connectivity index (χ0n) is 22.2. The molecule has 5 rings (SSSR count). The number of fused-ring (bicyclic) bond motifs is 5. The first kappa shape index (κ1) is 24.7. The zero-order chi connectivity index (χ0) is 24.9. The van der Waals surface area contributed by atoms with Crippen molar-refractivity contribution < 1.29 is 23.5 Å². The number of rotatable bonds is 12. The van der Waals surface area contributed by atoms with E-state index < -0.39 is 0 Å². The molecule has 0 fully saturated rings. The van der Waals surface area contributed by atoms with E-state index in [-0.39, 0.29) is 0 Å². The van der Waals surface area contributed by atoms with E-state index in [9.17, 15) is 0 Å². The highest BCUT2D eigenvalue weighted by Crippen LogP contribution is 2.44. The lowest BCUT2D eigenvalue weighted by atomic mass is 9.89. The fourth-order valence-electron chi connectivity index (χ4n) is 5.60. The lowest BCUT2D eigenvalue weighted by Gasteiger charge is -2.21. The van der Waals surface area contributed by atoms with Gasteiger partial charge in [-0.2, -0.15) is 4.57 Å². The summed E-state index contributed by atoms with van der Waals surface area (Å²) in [7, 11) is 1.73. The molecule has 0 saturated carbocycles. The lowest BCUT2D eigenvalue weighted by molar-refractivity contribution is -0.686. The number of methoxy groups -OCH3 is 1. The quantitative estimate of drug-likeness (QED) is 0.199. The second-order valence-electron chi connectivity index (χ2n) is 10.0. The van der Waals surface area contributed by atoms with Gasteiger partial charge in [-0.1, -0.05) is 52.4 Å². The molecule has 3 aromatic rings. The molecule has 0 spiro atoms. The molecular weight excluding hydrogens is 450 g/mol. The molecule has 0 amide bonds. The number of unbranched alkanes of at least 4 members (excludes halogenated alkanes) is 6. The molecule has 2 aliphatic rings. The Balaban J connectivity index is 1.61. The number of pyridine rings is 1. The maximum Gasteiger partial charge on any atom is 0.231 e. The molecule has 0 bridgehead atoms. The topological polar surface area (TPSA) is 40.8 Å². The molecular formula is C31H40NO4+. The third-order valence-corrected chi connectivity index (χ3v) is 7.56. The predicted octanol–water partition coefficient (Wildman–Crippen LogP) is 7.17. The Labute approximate surface area is 215 Å². The van der Waals surface area contributed by atoms with E-state index >= 15 is 0 Å². The van der Waals surface area contributed by atoms with Crippen LogP contribution in [0, 0.1) is 0 Å². The summed E-state index contributed by atoms with van der Waals surface area (Å²) in [5.41, 5.74) is 5.35. The summed E-state index contributed by atoms with van der Waals surface area (Å²) in [6, 6.07) is 8.69. The van der Waals surface area contributed by atoms with Crippen LogP contribution in [0.4, 0.5) is 0 Å². The van der Waals surface area contributed by atoms with Crippen molar-refractivity contribution in [2.24, 2.45) is 0 Å². The minimum absolute atomic E-state index is 0.304. The molecule has 0 atom stereocenters. The van der Waals surface area contributed by atoms with Crippen molar-refractivity contribution in [2.75, 3.05) is 20.5 Å². The van der Waals surface area contributed by atoms with Crippen LogP contribution in [0.5, 0.6) is 23.0 Å². The maximum atomic E-state index is 6.35. The number of aromatic nitrogens is 1. The molecule has 5 heteroatoms. The van der Waals surface area contributed by atoms with Gasteiger partial charge >= 0.3 is 0 Å². The number of aryl methyl sites for hydroxylation is 3. The van der Waals surface area contributed by atoms with Crippen LogP contribution in [0.3, 0.4) is 0 Å². The summed E-state index contributed by atoms with van der Waals surface area (Å²) in [5, 5.41) is 2.42. The van der Waals surface area contributed by atoms with Gasteiger partial charge in [-0.15, -0.1) is 0 Å². The summed E-state index contributed by atoms with van der Waals surface area (Å²) >= 11 is 0. The summed E-state index contributed by atoms with van der Waals surface area (Å²) in [6.07, 6.45) is 14.1. The van der Waals surface area contributed by atoms with Crippen LogP contribution in [0.2, 0.25) is 0 Å². The van der Waals surface area contributed by atoms with Crippen LogP contribution in [0.15, 0.2) is 30.5 Å². The van der Waals surface area contributed by atoms with E-state index in [1.54, 1.807) is 7.11 Å². The van der Waals surface area contributed by atoms with Gasteiger partial charge < -0.3 is 18.9 Å². The van der Waals surface area contributed by atoms with Gasteiger partial charge in [-0.05, 0) is 49.1 Å². The monoisotopic (exact) mass is 490 g/mol. The van der Waals surface area contributed by atoms with E-state index in [2.05, 4.69) is 48.9 Å². The minimum Gasteiger partial charge on any atom is -0.493 e. The van der Waals surface area contributed by atoms with E-state index in [1.807, 2.05) is 0 Å². The fraction of sp³-hybridized carbons (Fsp3) is 0.516. The third kappa shape index (κ3) is 4.85. The number of hydrogen-bond acceptors (Lipinski definition) is 4. The molecule has 0 unspecified atom stereocenters. The molecule has 36 heavy (non-hydrogen) atoms. The molecule has 5 nitrogen and oxygen atoms in total.